The van der Waals surface area contributed by atoms with Crippen molar-refractivity contribution < 1.29 is 19.3 Å². The normalized spacial score (nSPS) is 30.6. The summed E-state index contributed by atoms with van der Waals surface area (Å²) in [7, 11) is 0. The molecule has 0 bridgehead atoms. The quantitative estimate of drug-likeness (QED) is 0.397. The predicted octanol–water partition coefficient (Wildman–Crippen LogP) is 0.798. The van der Waals surface area contributed by atoms with E-state index in [4.69, 9.17) is 0 Å². The fraction of sp³-hybridized carbons (Fsp3) is 0.571. The van der Waals surface area contributed by atoms with E-state index in [1.807, 2.05) is 0 Å². The molecule has 5 atom stereocenters. The molecule has 1 aromatic rings. The summed E-state index contributed by atoms with van der Waals surface area (Å²) in [5.74, 6) is -2.68. The number of hydrogen-bond donors (Lipinski definition) is 4. The molecule has 4 N–H and O–H groups in total. The van der Waals surface area contributed by atoms with Crippen LogP contribution in [0.4, 0.5) is 11.4 Å². The summed E-state index contributed by atoms with van der Waals surface area (Å²) in [4.78, 5) is 51.1. The zero-order valence-electron chi connectivity index (χ0n) is 18.1. The van der Waals surface area contributed by atoms with Gasteiger partial charge in [-0.25, -0.2) is 0 Å². The van der Waals surface area contributed by atoms with Crippen LogP contribution in [-0.2, 0) is 14.4 Å². The number of nitro groups is 1. The molecule has 0 spiro atoms. The molecule has 11 nitrogen and oxygen atoms in total. The first-order valence-corrected chi connectivity index (χ1v) is 10.9. The van der Waals surface area contributed by atoms with Crippen LogP contribution in [0.15, 0.2) is 18.2 Å². The van der Waals surface area contributed by atoms with Gasteiger partial charge in [-0.05, 0) is 38.3 Å². The van der Waals surface area contributed by atoms with Gasteiger partial charge in [0.05, 0.1) is 22.9 Å². The third kappa shape index (κ3) is 4.30. The lowest BCUT2D eigenvalue weighted by Gasteiger charge is -2.48. The number of fused-ring (bicyclic) bond motifs is 1. The number of non-ortho nitro benzene ring substituents is 1. The molecule has 3 fully saturated rings. The van der Waals surface area contributed by atoms with E-state index in [1.54, 1.807) is 6.92 Å². The first kappa shape index (κ1) is 22.2. The molecule has 32 heavy (non-hydrogen) atoms. The second-order valence-electron chi connectivity index (χ2n) is 8.79. The summed E-state index contributed by atoms with van der Waals surface area (Å²) in [6, 6.07) is 4.42. The van der Waals surface area contributed by atoms with Crippen LogP contribution >= 0.6 is 0 Å². The van der Waals surface area contributed by atoms with Crippen molar-refractivity contribution in [1.82, 2.24) is 20.9 Å². The average molecular weight is 444 g/mol. The highest BCUT2D eigenvalue weighted by molar-refractivity contribution is 6.00. The lowest BCUT2D eigenvalue weighted by atomic mass is 9.81. The molecule has 1 aromatic carbocycles. The summed E-state index contributed by atoms with van der Waals surface area (Å²) in [6.07, 6.45) is 2.05. The van der Waals surface area contributed by atoms with Gasteiger partial charge in [-0.2, -0.15) is 0 Å². The van der Waals surface area contributed by atoms with Gasteiger partial charge < -0.3 is 16.0 Å². The van der Waals surface area contributed by atoms with Crippen LogP contribution in [0.1, 0.15) is 38.2 Å². The molecule has 0 aliphatic carbocycles. The number of piperidine rings is 2. The highest BCUT2D eigenvalue weighted by Crippen LogP contribution is 2.30. The van der Waals surface area contributed by atoms with Gasteiger partial charge in [0.25, 0.3) is 5.69 Å². The maximum atomic E-state index is 13.1. The van der Waals surface area contributed by atoms with E-state index in [1.165, 1.54) is 18.2 Å². The van der Waals surface area contributed by atoms with Crippen molar-refractivity contribution in [3.63, 3.8) is 0 Å². The molecule has 4 rings (SSSR count). The highest BCUT2D eigenvalue weighted by Gasteiger charge is 2.49. The summed E-state index contributed by atoms with van der Waals surface area (Å²) < 4.78 is 0. The number of nitro benzene ring substituents is 1. The minimum absolute atomic E-state index is 0.0774. The van der Waals surface area contributed by atoms with Crippen LogP contribution in [0, 0.1) is 28.9 Å². The predicted molar refractivity (Wildman–Crippen MR) is 115 cm³/mol. The van der Waals surface area contributed by atoms with Gasteiger partial charge in [-0.3, -0.25) is 34.7 Å². The van der Waals surface area contributed by atoms with Crippen molar-refractivity contribution in [3.05, 3.63) is 33.9 Å². The number of carbonyl (C=O) groups excluding carboxylic acids is 3. The van der Waals surface area contributed by atoms with Gasteiger partial charge in [-0.15, -0.1) is 0 Å². The minimum Gasteiger partial charge on any atom is -0.340 e. The van der Waals surface area contributed by atoms with E-state index in [0.717, 1.165) is 25.8 Å². The van der Waals surface area contributed by atoms with Crippen molar-refractivity contribution in [3.8, 4) is 0 Å². The Balaban J connectivity index is 1.50. The molecular formula is C21H28N6O5. The molecule has 0 saturated carbocycles. The number of rotatable bonds is 4. The van der Waals surface area contributed by atoms with Gasteiger partial charge in [0.2, 0.25) is 17.7 Å². The van der Waals surface area contributed by atoms with E-state index in [9.17, 15) is 24.5 Å². The van der Waals surface area contributed by atoms with Gasteiger partial charge in [-0.1, -0.05) is 6.42 Å². The molecule has 11 heteroatoms. The molecular weight excluding hydrogens is 416 g/mol. The highest BCUT2D eigenvalue weighted by atomic mass is 16.6. The zero-order chi connectivity index (χ0) is 23.0. The van der Waals surface area contributed by atoms with Crippen molar-refractivity contribution >= 4 is 29.1 Å². The Morgan fingerprint density at radius 3 is 2.72 bits per heavy atom. The molecule has 172 valence electrons. The number of hydrogen-bond acceptors (Lipinski definition) is 7. The Morgan fingerprint density at radius 1 is 1.25 bits per heavy atom. The number of benzene rings is 1. The summed E-state index contributed by atoms with van der Waals surface area (Å²) in [6.45, 7) is 4.60. The van der Waals surface area contributed by atoms with Crippen LogP contribution in [0.2, 0.25) is 0 Å². The van der Waals surface area contributed by atoms with E-state index >= 15 is 0 Å². The average Bonchev–Trinajstić information content (AvgIpc) is 2.74. The fourth-order valence-electron chi connectivity index (χ4n) is 4.87. The van der Waals surface area contributed by atoms with Crippen molar-refractivity contribution in [1.29, 1.82) is 0 Å². The monoisotopic (exact) mass is 444 g/mol. The Morgan fingerprint density at radius 2 is 2.03 bits per heavy atom. The van der Waals surface area contributed by atoms with Crippen LogP contribution in [0.3, 0.4) is 0 Å². The van der Waals surface area contributed by atoms with Crippen LogP contribution in [-0.4, -0.2) is 52.6 Å². The van der Waals surface area contributed by atoms with Gasteiger partial charge in [0, 0.05) is 36.8 Å². The smallest absolute Gasteiger partial charge is 0.269 e. The Kier molecular flexibility index (Phi) is 6.11. The molecule has 3 heterocycles. The maximum absolute atomic E-state index is 13.1. The number of nitrogens with zero attached hydrogens (tertiary/aromatic N) is 2. The molecule has 3 saturated heterocycles. The van der Waals surface area contributed by atoms with Crippen LogP contribution in [0.5, 0.6) is 0 Å². The number of carbonyl (C=O) groups is 3. The minimum atomic E-state index is -0.865. The first-order valence-electron chi connectivity index (χ1n) is 10.9. The number of amides is 3. The number of likely N-dealkylation sites (tertiary alicyclic amines) is 1. The van der Waals surface area contributed by atoms with E-state index in [-0.39, 0.29) is 23.9 Å². The third-order valence-corrected chi connectivity index (χ3v) is 6.64. The van der Waals surface area contributed by atoms with Crippen LogP contribution in [0.25, 0.3) is 0 Å². The summed E-state index contributed by atoms with van der Waals surface area (Å²) in [5.41, 5.74) is 0.855. The summed E-state index contributed by atoms with van der Waals surface area (Å²) in [5, 5.41) is 22.8. The van der Waals surface area contributed by atoms with Crippen LogP contribution < -0.4 is 21.3 Å². The molecule has 5 unspecified atom stereocenters. The largest absolute Gasteiger partial charge is 0.340 e. The number of aryl methyl sites for hydroxylation is 1. The van der Waals surface area contributed by atoms with Gasteiger partial charge in [0.15, 0.2) is 0 Å². The first-order chi connectivity index (χ1) is 15.2. The van der Waals surface area contributed by atoms with E-state index in [2.05, 4.69) is 33.1 Å². The van der Waals surface area contributed by atoms with Crippen molar-refractivity contribution in [2.45, 2.75) is 58.0 Å². The maximum Gasteiger partial charge on any atom is 0.269 e. The number of nitrogens with one attached hydrogen (secondary N) is 4. The SMILES string of the molecule is Cc1cc([N+](=O)[O-])ccc1NC(=O)C1CC(=O)NC2NC(N3CCCCC3C)NC(=O)C21. The van der Waals surface area contributed by atoms with Crippen molar-refractivity contribution in [2.24, 2.45) is 11.8 Å². The molecule has 3 aliphatic rings. The van der Waals surface area contributed by atoms with E-state index < -0.39 is 35.1 Å². The van der Waals surface area contributed by atoms with Gasteiger partial charge >= 0.3 is 0 Å². The standard InChI is InChI=1S/C21H28N6O5/c1-11-9-13(27(31)32)6-7-15(11)22-19(29)14-10-16(28)23-18-17(14)20(30)25-21(24-18)26-8-4-3-5-12(26)2/h6-7,9,12,14,17-18,21,24H,3-5,8,10H2,1-2H3,(H,22,29)(H,23,28)(H,25,30). The zero-order valence-corrected chi connectivity index (χ0v) is 18.1. The van der Waals surface area contributed by atoms with E-state index in [0.29, 0.717) is 17.3 Å². The van der Waals surface area contributed by atoms with Gasteiger partial charge in [0.1, 0.15) is 6.29 Å². The molecule has 3 aliphatic heterocycles. The third-order valence-electron chi connectivity index (χ3n) is 6.64. The Hall–Kier alpha value is -3.05. The fourth-order valence-corrected chi connectivity index (χ4v) is 4.87. The second-order valence-corrected chi connectivity index (χ2v) is 8.79. The molecule has 0 aromatic heterocycles. The topological polar surface area (TPSA) is 146 Å². The lowest BCUT2D eigenvalue weighted by molar-refractivity contribution is -0.384. The van der Waals surface area contributed by atoms with Crippen molar-refractivity contribution in [2.75, 3.05) is 11.9 Å². The summed E-state index contributed by atoms with van der Waals surface area (Å²) >= 11 is 0. The molecule has 0 radical (unpaired) electrons. The molecule has 3 amide bonds. The second kappa shape index (κ2) is 8.83. The number of anilines is 1. The Bertz CT molecular complexity index is 953. The lowest BCUT2D eigenvalue weighted by Crippen LogP contribution is -2.75. The Labute approximate surface area is 185 Å².